The van der Waals surface area contributed by atoms with E-state index in [0.717, 1.165) is 13.8 Å². The SMILES string of the molecule is CC(=O)N[C@H]1[C@H](O[C@H]2[C@H](O)[C@@H](NC(C)=O)C(O)O[C@@H]2CO)O[C@H](CO)[C@@H](O[C@@H]2O[C@H](CO[C@H]3O[C@H](CO)[C@@H](O)[C@H](O[C@H]4O[C@H](CO)[C@@H](O)[C@H](O)[C@@H]4O)[C@@H]3O)[C@@H](O)[C@H](O[C@H]3O[C@H](CO)[C@@H](O)[C@H](O)[C@@H]3O[C@H]3O[C@H](COP(=O)(O)O)[C@@H](O)[C@H](O)[C@@H]3O)[C@@H]2O)[C@@H]1O. The zero-order valence-corrected chi connectivity index (χ0v) is 47.3. The largest absolute Gasteiger partial charge is 0.469 e. The molecule has 0 saturated carbocycles. The minimum Gasteiger partial charge on any atom is -0.394 e. The van der Waals surface area contributed by atoms with Crippen molar-refractivity contribution in [1.29, 1.82) is 0 Å². The van der Waals surface area contributed by atoms with Gasteiger partial charge in [-0.15, -0.1) is 0 Å². The number of hydrogen-bond acceptors (Lipinski definition) is 37. The monoisotopic (exact) mass is 1310 g/mol. The van der Waals surface area contributed by atoms with Crippen LogP contribution in [0.3, 0.4) is 0 Å². The molecule has 0 aromatic heterocycles. The first-order chi connectivity index (χ1) is 41.4. The Morgan fingerprint density at radius 3 is 1.23 bits per heavy atom. The van der Waals surface area contributed by atoms with Crippen LogP contribution in [0.4, 0.5) is 0 Å². The zero-order valence-electron chi connectivity index (χ0n) is 46.4. The van der Waals surface area contributed by atoms with Gasteiger partial charge in [0, 0.05) is 13.8 Å². The van der Waals surface area contributed by atoms with Crippen molar-refractivity contribution in [1.82, 2.24) is 10.6 Å². The summed E-state index contributed by atoms with van der Waals surface area (Å²) < 4.78 is 90.5. The van der Waals surface area contributed by atoms with Gasteiger partial charge >= 0.3 is 7.82 Å². The lowest BCUT2D eigenvalue weighted by molar-refractivity contribution is -0.398. The summed E-state index contributed by atoms with van der Waals surface area (Å²) >= 11 is 0. The van der Waals surface area contributed by atoms with Gasteiger partial charge in [-0.2, -0.15) is 0 Å². The molecule has 88 heavy (non-hydrogen) atoms. The van der Waals surface area contributed by atoms with Crippen LogP contribution in [0.2, 0.25) is 0 Å². The van der Waals surface area contributed by atoms with Crippen LogP contribution in [-0.2, 0) is 80.3 Å². The van der Waals surface area contributed by atoms with Gasteiger partial charge in [-0.3, -0.25) is 14.1 Å². The zero-order chi connectivity index (χ0) is 65.1. The highest BCUT2D eigenvalue weighted by atomic mass is 31.2. The molecule has 7 rings (SSSR count). The van der Waals surface area contributed by atoms with Crippen molar-refractivity contribution in [3.8, 4) is 0 Å². The number of carbonyl (C=O) groups excluding carboxylic acids is 2. The fourth-order valence-electron chi connectivity index (χ4n) is 10.8. The minimum absolute atomic E-state index is 0.760. The van der Waals surface area contributed by atoms with E-state index in [0.29, 0.717) is 0 Å². The van der Waals surface area contributed by atoms with Crippen molar-refractivity contribution < 1.29 is 192 Å². The number of carbonyl (C=O) groups is 2. The summed E-state index contributed by atoms with van der Waals surface area (Å²) in [5.74, 6) is -1.66. The Hall–Kier alpha value is -2.27. The van der Waals surface area contributed by atoms with E-state index in [2.05, 4.69) is 15.2 Å². The van der Waals surface area contributed by atoms with Gasteiger partial charge in [0.2, 0.25) is 11.8 Å². The quantitative estimate of drug-likeness (QED) is 0.0422. The lowest BCUT2D eigenvalue weighted by Crippen LogP contribution is -2.70. The van der Waals surface area contributed by atoms with Crippen molar-refractivity contribution in [2.24, 2.45) is 0 Å². The third-order valence-corrected chi connectivity index (χ3v) is 16.0. The average Bonchev–Trinajstić information content (AvgIpc) is 0.970. The number of aliphatic hydroxyl groups is 20. The molecule has 7 saturated heterocycles. The Morgan fingerprint density at radius 2 is 0.705 bits per heavy atom. The normalized spacial score (nSPS) is 48.8. The summed E-state index contributed by atoms with van der Waals surface area (Å²) in [7, 11) is -5.29. The fourth-order valence-corrected chi connectivity index (χ4v) is 11.2. The van der Waals surface area contributed by atoms with Crippen LogP contribution in [0.15, 0.2) is 0 Å². The number of hydrogen-bond donors (Lipinski definition) is 24. The van der Waals surface area contributed by atoms with Crippen molar-refractivity contribution in [3.63, 3.8) is 0 Å². The second-order valence-electron chi connectivity index (χ2n) is 21.7. The molecule has 1 unspecified atom stereocenters. The topological polar surface area (TPSA) is 650 Å². The molecule has 0 aromatic rings. The number of rotatable bonds is 23. The molecule has 7 heterocycles. The van der Waals surface area contributed by atoms with Gasteiger partial charge in [-0.25, -0.2) is 4.57 Å². The second-order valence-corrected chi connectivity index (χ2v) is 22.9. The first-order valence-electron chi connectivity index (χ1n) is 27.4. The van der Waals surface area contributed by atoms with Gasteiger partial charge < -0.3 is 184 Å². The molecule has 7 aliphatic rings. The van der Waals surface area contributed by atoms with E-state index in [9.17, 15) is 126 Å². The van der Waals surface area contributed by atoms with Crippen LogP contribution in [0.1, 0.15) is 13.8 Å². The molecular weight excluding hydrogens is 1240 g/mol. The van der Waals surface area contributed by atoms with E-state index in [1.165, 1.54) is 0 Å². The van der Waals surface area contributed by atoms with E-state index in [4.69, 9.17) is 61.6 Å². The van der Waals surface area contributed by atoms with Gasteiger partial charge in [0.25, 0.3) is 0 Å². The van der Waals surface area contributed by atoms with E-state index in [1.807, 2.05) is 0 Å². The number of phosphoric ester groups is 1. The Balaban J connectivity index is 1.20. The van der Waals surface area contributed by atoms with E-state index in [1.54, 1.807) is 0 Å². The second kappa shape index (κ2) is 31.3. The van der Waals surface area contributed by atoms with E-state index in [-0.39, 0.29) is 0 Å². The van der Waals surface area contributed by atoms with Gasteiger partial charge in [0.1, 0.15) is 171 Å². The Labute approximate surface area is 496 Å². The maximum atomic E-state index is 12.7. The Kier molecular flexibility index (Phi) is 26.0. The average molecular weight is 1320 g/mol. The molecule has 2 amide bonds. The number of ether oxygens (including phenoxy) is 13. The summed E-state index contributed by atoms with van der Waals surface area (Å²) in [6.07, 6.45) is -68.3. The molecule has 0 spiro atoms. The molecule has 24 N–H and O–H groups in total. The minimum atomic E-state index is -5.29. The van der Waals surface area contributed by atoms with Crippen LogP contribution in [0, 0.1) is 0 Å². The Morgan fingerprint density at radius 1 is 0.352 bits per heavy atom. The smallest absolute Gasteiger partial charge is 0.394 e. The van der Waals surface area contributed by atoms with Gasteiger partial charge in [0.15, 0.2) is 44.0 Å². The number of aliphatic hydroxyl groups excluding tert-OH is 20. The third-order valence-electron chi connectivity index (χ3n) is 15.6. The highest BCUT2D eigenvalue weighted by Gasteiger charge is 2.59. The molecule has 0 aliphatic carbocycles. The van der Waals surface area contributed by atoms with Gasteiger partial charge in [0.05, 0.1) is 46.2 Å². The standard InChI is InChI=1S/C46H79N2O39P/c1-10(54)47-19-26(61)35(15(6-52)76-40(19)70)83-41-20(48-11(2)55)27(62)36(16(7-53)80-41)84-45-34(69)38(86-46-39(30(65)22(57)13(4-50)79-46)87-44-32(67)29(64)23(58)18(82-44)9-75-88(71,72)73)25(60)17(81-45)8-74-42-33(68)37(24(59)14(5-51)77-42)85-43-31(66)28(63)21(56)12(3-49)78-43/h12-46,49-53,56-70H,3-9H2,1-2H3,(H,47,54)(H,48,55)(H2,71,72,73)/t12-,13-,14-,15-,16-,17-,18-,19-,20-,21-,22-,23-,24-,25-,26-,27-,28+,29+,30+,31+,32+,33+,34+,35-,36-,37+,38+,39+,40?,41+,42+,43-,44-,45+,46-/m1/s1. The molecule has 35 atom stereocenters. The summed E-state index contributed by atoms with van der Waals surface area (Å²) in [5.41, 5.74) is 0. The van der Waals surface area contributed by atoms with Gasteiger partial charge in [-0.1, -0.05) is 0 Å². The van der Waals surface area contributed by atoms with Crippen molar-refractivity contribution in [2.45, 2.75) is 229 Å². The van der Waals surface area contributed by atoms with Crippen LogP contribution in [0.25, 0.3) is 0 Å². The summed E-state index contributed by atoms with van der Waals surface area (Å²) in [4.78, 5) is 43.3. The van der Waals surface area contributed by atoms with Crippen molar-refractivity contribution in [3.05, 3.63) is 0 Å². The van der Waals surface area contributed by atoms with Crippen LogP contribution < -0.4 is 10.6 Å². The number of phosphoric acid groups is 1. The lowest BCUT2D eigenvalue weighted by Gasteiger charge is -2.50. The molecule has 0 radical (unpaired) electrons. The summed E-state index contributed by atoms with van der Waals surface area (Å²) in [6.45, 7) is -5.48. The third kappa shape index (κ3) is 16.4. The molecule has 7 fully saturated rings. The molecule has 512 valence electrons. The lowest BCUT2D eigenvalue weighted by atomic mass is 9.94. The predicted octanol–water partition coefficient (Wildman–Crippen LogP) is -15.9. The predicted molar refractivity (Wildman–Crippen MR) is 266 cm³/mol. The molecule has 7 aliphatic heterocycles. The first-order valence-corrected chi connectivity index (χ1v) is 28.9. The molecule has 41 nitrogen and oxygen atoms in total. The highest BCUT2D eigenvalue weighted by molar-refractivity contribution is 7.46. The summed E-state index contributed by atoms with van der Waals surface area (Å²) in [5, 5.41) is 223. The van der Waals surface area contributed by atoms with Gasteiger partial charge in [-0.05, 0) is 0 Å². The molecule has 42 heteroatoms. The first kappa shape index (κ1) is 73.1. The van der Waals surface area contributed by atoms with Crippen LogP contribution >= 0.6 is 7.82 Å². The maximum Gasteiger partial charge on any atom is 0.469 e. The van der Waals surface area contributed by atoms with Crippen molar-refractivity contribution in [2.75, 3.05) is 46.2 Å². The van der Waals surface area contributed by atoms with Crippen molar-refractivity contribution >= 4 is 19.6 Å². The highest BCUT2D eigenvalue weighted by Crippen LogP contribution is 2.40. The Bertz CT molecular complexity index is 2250. The molecular formula is C46H79N2O39P. The molecule has 0 aromatic carbocycles. The van der Waals surface area contributed by atoms with Crippen LogP contribution in [-0.4, -0.2) is 385 Å². The maximum absolute atomic E-state index is 12.7. The summed E-state index contributed by atoms with van der Waals surface area (Å²) in [6, 6.07) is -3.46. The molecule has 0 bridgehead atoms. The van der Waals surface area contributed by atoms with E-state index < -0.39 is 281 Å². The number of nitrogens with one attached hydrogen (secondary N) is 2. The van der Waals surface area contributed by atoms with E-state index >= 15 is 0 Å². The number of amides is 2. The van der Waals surface area contributed by atoms with Crippen LogP contribution in [0.5, 0.6) is 0 Å². The fraction of sp³-hybridized carbons (Fsp3) is 0.957.